The third-order valence-electron chi connectivity index (χ3n) is 3.30. The fourth-order valence-corrected chi connectivity index (χ4v) is 3.06. The van der Waals surface area contributed by atoms with Crippen LogP contribution in [0.5, 0.6) is 5.75 Å². The largest absolute Gasteiger partial charge is 0.484 e. The van der Waals surface area contributed by atoms with E-state index >= 15 is 0 Å². The molecule has 0 heterocycles. The maximum Gasteiger partial charge on any atom is 0.422 e. The fraction of sp³-hybridized carbons (Fsp3) is 0.500. The van der Waals surface area contributed by atoms with Gasteiger partial charge in [-0.2, -0.15) is 17.9 Å². The Labute approximate surface area is 137 Å². The molecule has 136 valence electrons. The van der Waals surface area contributed by atoms with Gasteiger partial charge in [0.25, 0.3) is 0 Å². The summed E-state index contributed by atoms with van der Waals surface area (Å²) in [4.78, 5) is 10.9. The second kappa shape index (κ2) is 7.84. The van der Waals surface area contributed by atoms with Gasteiger partial charge in [-0.05, 0) is 30.2 Å². The smallest absolute Gasteiger partial charge is 0.422 e. The number of alkyl halides is 3. The first-order chi connectivity index (χ1) is 11.0. The Morgan fingerprint density at radius 2 is 1.83 bits per heavy atom. The van der Waals surface area contributed by atoms with Crippen molar-refractivity contribution in [3.63, 3.8) is 0 Å². The molecule has 1 aromatic carbocycles. The Morgan fingerprint density at radius 1 is 1.29 bits per heavy atom. The summed E-state index contributed by atoms with van der Waals surface area (Å²) in [6, 6.07) is 2.92. The van der Waals surface area contributed by atoms with Crippen LogP contribution in [-0.4, -0.2) is 38.3 Å². The average molecular weight is 369 g/mol. The normalized spacial score (nSPS) is 14.9. The first kappa shape index (κ1) is 20.2. The van der Waals surface area contributed by atoms with Crippen LogP contribution in [0.4, 0.5) is 13.2 Å². The summed E-state index contributed by atoms with van der Waals surface area (Å²) in [5, 5.41) is 9.12. The number of hydrogen-bond donors (Lipinski definition) is 2. The van der Waals surface area contributed by atoms with Crippen LogP contribution in [0.1, 0.15) is 20.3 Å². The fourth-order valence-electron chi connectivity index (χ4n) is 1.76. The van der Waals surface area contributed by atoms with Crippen LogP contribution in [0.25, 0.3) is 0 Å². The second-order valence-corrected chi connectivity index (χ2v) is 6.91. The van der Waals surface area contributed by atoms with Gasteiger partial charge in [0, 0.05) is 0 Å². The van der Waals surface area contributed by atoms with Gasteiger partial charge in [0.15, 0.2) is 6.61 Å². The van der Waals surface area contributed by atoms with Crippen LogP contribution in [0.2, 0.25) is 0 Å². The van der Waals surface area contributed by atoms with Crippen LogP contribution >= 0.6 is 0 Å². The molecule has 0 fully saturated rings. The van der Waals surface area contributed by atoms with E-state index in [4.69, 9.17) is 5.11 Å². The molecule has 0 bridgehead atoms. The molecule has 0 saturated heterocycles. The Balaban J connectivity index is 2.89. The van der Waals surface area contributed by atoms with Crippen molar-refractivity contribution >= 4 is 16.0 Å². The molecule has 10 heteroatoms. The number of aliphatic carboxylic acids is 1. The number of carboxylic acid groups (broad SMARTS) is 1. The van der Waals surface area contributed by atoms with Crippen molar-refractivity contribution < 1.29 is 36.2 Å². The van der Waals surface area contributed by atoms with E-state index < -0.39 is 40.7 Å². The van der Waals surface area contributed by atoms with E-state index in [1.54, 1.807) is 13.8 Å². The van der Waals surface area contributed by atoms with Crippen LogP contribution in [0.3, 0.4) is 0 Å². The minimum absolute atomic E-state index is 0.150. The molecule has 0 unspecified atom stereocenters. The first-order valence-electron chi connectivity index (χ1n) is 7.01. The van der Waals surface area contributed by atoms with Crippen molar-refractivity contribution in [2.75, 3.05) is 6.61 Å². The number of ether oxygens (including phenoxy) is 1. The van der Waals surface area contributed by atoms with E-state index in [2.05, 4.69) is 9.46 Å². The number of halogens is 3. The van der Waals surface area contributed by atoms with Gasteiger partial charge in [-0.3, -0.25) is 4.79 Å². The summed E-state index contributed by atoms with van der Waals surface area (Å²) in [7, 11) is -4.13. The minimum Gasteiger partial charge on any atom is -0.484 e. The highest BCUT2D eigenvalue weighted by atomic mass is 32.2. The third-order valence-corrected chi connectivity index (χ3v) is 4.75. The number of benzene rings is 1. The number of sulfonamides is 1. The summed E-state index contributed by atoms with van der Waals surface area (Å²) < 4.78 is 67.1. The molecule has 0 aliphatic carbocycles. The van der Waals surface area contributed by atoms with Gasteiger partial charge < -0.3 is 9.84 Å². The Bertz CT molecular complexity index is 658. The topological polar surface area (TPSA) is 92.7 Å². The predicted molar refractivity (Wildman–Crippen MR) is 79.2 cm³/mol. The Morgan fingerprint density at radius 3 is 2.25 bits per heavy atom. The number of hydrogen-bond acceptors (Lipinski definition) is 4. The van der Waals surface area contributed by atoms with E-state index in [-0.39, 0.29) is 10.6 Å². The lowest BCUT2D eigenvalue weighted by Crippen LogP contribution is -2.44. The highest BCUT2D eigenvalue weighted by Gasteiger charge is 2.30. The van der Waals surface area contributed by atoms with Crippen molar-refractivity contribution in [3.8, 4) is 5.75 Å². The average Bonchev–Trinajstić information content (AvgIpc) is 2.49. The second-order valence-electron chi connectivity index (χ2n) is 5.20. The maximum absolute atomic E-state index is 12.2. The zero-order valence-corrected chi connectivity index (χ0v) is 13.8. The van der Waals surface area contributed by atoms with E-state index in [0.29, 0.717) is 6.42 Å². The molecule has 0 aromatic heterocycles. The lowest BCUT2D eigenvalue weighted by atomic mass is 10.0. The lowest BCUT2D eigenvalue weighted by molar-refractivity contribution is -0.153. The molecule has 0 aliphatic rings. The van der Waals surface area contributed by atoms with Crippen LogP contribution in [0.15, 0.2) is 29.2 Å². The predicted octanol–water partition coefficient (Wildman–Crippen LogP) is 2.41. The molecule has 0 saturated carbocycles. The minimum atomic E-state index is -4.50. The van der Waals surface area contributed by atoms with Crippen LogP contribution in [0, 0.1) is 5.92 Å². The van der Waals surface area contributed by atoms with Crippen molar-refractivity contribution in [1.82, 2.24) is 4.72 Å². The molecule has 2 atom stereocenters. The van der Waals surface area contributed by atoms with E-state index in [1.165, 1.54) is 0 Å². The van der Waals surface area contributed by atoms with Gasteiger partial charge in [-0.1, -0.05) is 20.3 Å². The van der Waals surface area contributed by atoms with Crippen molar-refractivity contribution in [1.29, 1.82) is 0 Å². The van der Waals surface area contributed by atoms with E-state index in [0.717, 1.165) is 24.3 Å². The lowest BCUT2D eigenvalue weighted by Gasteiger charge is -2.20. The zero-order chi connectivity index (χ0) is 18.5. The van der Waals surface area contributed by atoms with Crippen molar-refractivity contribution in [3.05, 3.63) is 24.3 Å². The molecule has 0 aliphatic heterocycles. The molecule has 0 radical (unpaired) electrons. The molecule has 6 nitrogen and oxygen atoms in total. The SMILES string of the molecule is CC[C@H](C)[C@H](NS(=O)(=O)c1ccc(OCC(F)(F)F)cc1)C(=O)O. The van der Waals surface area contributed by atoms with Crippen molar-refractivity contribution in [2.45, 2.75) is 37.4 Å². The molecular formula is C14H18F3NO5S. The van der Waals surface area contributed by atoms with Crippen LogP contribution in [-0.2, 0) is 14.8 Å². The zero-order valence-electron chi connectivity index (χ0n) is 13.0. The molecular weight excluding hydrogens is 351 g/mol. The quantitative estimate of drug-likeness (QED) is 0.734. The number of rotatable bonds is 8. The summed E-state index contributed by atoms with van der Waals surface area (Å²) in [5.41, 5.74) is 0. The molecule has 2 N–H and O–H groups in total. The van der Waals surface area contributed by atoms with Gasteiger partial charge in [0.1, 0.15) is 11.8 Å². The van der Waals surface area contributed by atoms with Gasteiger partial charge in [0.2, 0.25) is 10.0 Å². The first-order valence-corrected chi connectivity index (χ1v) is 8.49. The number of carbonyl (C=O) groups is 1. The monoisotopic (exact) mass is 369 g/mol. The Hall–Kier alpha value is -1.81. The molecule has 1 aromatic rings. The van der Waals surface area contributed by atoms with E-state index in [9.17, 15) is 26.4 Å². The van der Waals surface area contributed by atoms with Crippen LogP contribution < -0.4 is 9.46 Å². The van der Waals surface area contributed by atoms with Gasteiger partial charge in [0.05, 0.1) is 4.90 Å². The standard InChI is InChI=1S/C14H18F3NO5S/c1-3-9(2)12(13(19)20)18-24(21,22)11-6-4-10(5-7-11)23-8-14(15,16)17/h4-7,9,12,18H,3,8H2,1-2H3,(H,19,20)/t9-,12-/m0/s1. The van der Waals surface area contributed by atoms with Gasteiger partial charge in [-0.25, -0.2) is 8.42 Å². The highest BCUT2D eigenvalue weighted by Crippen LogP contribution is 2.21. The number of carboxylic acids is 1. The number of nitrogens with one attached hydrogen (secondary N) is 1. The highest BCUT2D eigenvalue weighted by molar-refractivity contribution is 7.89. The van der Waals surface area contributed by atoms with E-state index in [1.807, 2.05) is 0 Å². The van der Waals surface area contributed by atoms with Gasteiger partial charge >= 0.3 is 12.1 Å². The molecule has 24 heavy (non-hydrogen) atoms. The summed E-state index contributed by atoms with van der Waals surface area (Å²) >= 11 is 0. The molecule has 0 amide bonds. The van der Waals surface area contributed by atoms with Crippen molar-refractivity contribution in [2.24, 2.45) is 5.92 Å². The summed E-state index contributed by atoms with van der Waals surface area (Å²) in [6.07, 6.45) is -4.05. The molecule has 1 rings (SSSR count). The summed E-state index contributed by atoms with van der Waals surface area (Å²) in [5.74, 6) is -1.90. The summed E-state index contributed by atoms with van der Waals surface area (Å²) in [6.45, 7) is 1.82. The third kappa shape index (κ3) is 6.00. The van der Waals surface area contributed by atoms with Gasteiger partial charge in [-0.15, -0.1) is 0 Å². The Kier molecular flexibility index (Phi) is 6.61. The molecule has 0 spiro atoms. The maximum atomic E-state index is 12.2.